The summed E-state index contributed by atoms with van der Waals surface area (Å²) in [5, 5.41) is 15.4. The lowest BCUT2D eigenvalue weighted by Gasteiger charge is -2.36. The van der Waals surface area contributed by atoms with E-state index in [1.807, 2.05) is 24.4 Å². The lowest BCUT2D eigenvalue weighted by molar-refractivity contribution is -0.120. The number of aliphatic imine (C=N–C) groups is 1. The number of carbonyl (C=O) groups excluding carboxylic acids is 1. The summed E-state index contributed by atoms with van der Waals surface area (Å²) in [6, 6.07) is 5.66. The first-order valence-electron chi connectivity index (χ1n) is 15.1. The summed E-state index contributed by atoms with van der Waals surface area (Å²) in [5.41, 5.74) is 6.66. The van der Waals surface area contributed by atoms with Crippen LogP contribution in [0.5, 0.6) is 0 Å². The van der Waals surface area contributed by atoms with Crippen molar-refractivity contribution in [3.8, 4) is 11.3 Å². The number of fused-ring (bicyclic) bond motifs is 2. The minimum absolute atomic E-state index is 0.0732. The molecule has 0 spiro atoms. The number of pyridine rings is 3. The molecule has 11 heteroatoms. The highest BCUT2D eigenvalue weighted by Crippen LogP contribution is 2.41. The minimum atomic E-state index is -0.267. The number of carbonyl (C=O) groups is 1. The molecular weight excluding hydrogens is 540 g/mol. The third kappa shape index (κ3) is 5.36. The Kier molecular flexibility index (Phi) is 7.32. The van der Waals surface area contributed by atoms with E-state index in [1.54, 1.807) is 18.6 Å². The van der Waals surface area contributed by atoms with Crippen molar-refractivity contribution in [1.82, 2.24) is 30.0 Å². The maximum Gasteiger partial charge on any atom is 0.227 e. The number of amides is 1. The van der Waals surface area contributed by atoms with Crippen molar-refractivity contribution in [3.63, 3.8) is 0 Å². The summed E-state index contributed by atoms with van der Waals surface area (Å²) in [7, 11) is 2.15. The van der Waals surface area contributed by atoms with Gasteiger partial charge in [0.2, 0.25) is 5.91 Å². The smallest absolute Gasteiger partial charge is 0.227 e. The Balaban J connectivity index is 1.18. The van der Waals surface area contributed by atoms with E-state index in [4.69, 9.17) is 4.98 Å². The van der Waals surface area contributed by atoms with Crippen LogP contribution in [0.15, 0.2) is 54.1 Å². The summed E-state index contributed by atoms with van der Waals surface area (Å²) >= 11 is 0. The Bertz CT molecular complexity index is 1700. The number of anilines is 3. The molecule has 0 bridgehead atoms. The molecule has 7 rings (SSSR count). The van der Waals surface area contributed by atoms with Crippen molar-refractivity contribution in [1.29, 1.82) is 0 Å². The molecule has 0 radical (unpaired) electrons. The second-order valence-electron chi connectivity index (χ2n) is 11.7. The van der Waals surface area contributed by atoms with Crippen LogP contribution in [-0.4, -0.2) is 75.9 Å². The number of H-pyrrole nitrogens is 1. The van der Waals surface area contributed by atoms with Crippen molar-refractivity contribution in [2.45, 2.75) is 38.1 Å². The van der Waals surface area contributed by atoms with Crippen LogP contribution in [0.25, 0.3) is 27.9 Å². The van der Waals surface area contributed by atoms with Crippen LogP contribution in [0.4, 0.5) is 17.2 Å². The van der Waals surface area contributed by atoms with Crippen LogP contribution in [0.1, 0.15) is 49.4 Å². The van der Waals surface area contributed by atoms with Gasteiger partial charge in [-0.15, -0.1) is 0 Å². The van der Waals surface area contributed by atoms with E-state index in [9.17, 15) is 4.79 Å². The molecule has 1 atom stereocenters. The van der Waals surface area contributed by atoms with Gasteiger partial charge in [-0.25, -0.2) is 4.98 Å². The summed E-state index contributed by atoms with van der Waals surface area (Å²) in [6.07, 6.45) is 14.5. The highest BCUT2D eigenvalue weighted by atomic mass is 16.1. The van der Waals surface area contributed by atoms with E-state index in [0.29, 0.717) is 5.69 Å². The first-order chi connectivity index (χ1) is 21.1. The molecule has 2 aliphatic heterocycles. The monoisotopic (exact) mass is 576 g/mol. The summed E-state index contributed by atoms with van der Waals surface area (Å²) in [6.45, 7) is 7.74. The molecule has 4 aromatic rings. The van der Waals surface area contributed by atoms with Crippen LogP contribution in [0.2, 0.25) is 0 Å². The zero-order valence-electron chi connectivity index (χ0n) is 24.4. The van der Waals surface area contributed by atoms with Crippen molar-refractivity contribution >= 4 is 46.4 Å². The number of rotatable bonds is 6. The second-order valence-corrected chi connectivity index (χ2v) is 11.7. The first kappa shape index (κ1) is 27.2. The molecule has 1 amide bonds. The summed E-state index contributed by atoms with van der Waals surface area (Å²) in [4.78, 5) is 35.8. The number of hydrogen-bond donors (Lipinski definition) is 3. The molecule has 1 unspecified atom stereocenters. The van der Waals surface area contributed by atoms with Gasteiger partial charge in [0, 0.05) is 66.7 Å². The zero-order chi connectivity index (χ0) is 29.3. The van der Waals surface area contributed by atoms with Gasteiger partial charge in [-0.2, -0.15) is 5.10 Å². The largest absolute Gasteiger partial charge is 0.354 e. The fourth-order valence-corrected chi connectivity index (χ4v) is 6.38. The van der Waals surface area contributed by atoms with E-state index in [-0.39, 0.29) is 17.9 Å². The SMILES string of the molecule is C=NC1C=C(c2n[nH]c3cnc(-c4cncc(NC(=O)C5CCCCC5)c4)cc23)Nc2ccnc(N3CCN(C)CC3)c21. The van der Waals surface area contributed by atoms with Crippen molar-refractivity contribution in [2.24, 2.45) is 10.9 Å². The molecule has 3 N–H and O–H groups in total. The maximum absolute atomic E-state index is 12.8. The average molecular weight is 577 g/mol. The topological polar surface area (TPSA) is 127 Å². The third-order valence-corrected chi connectivity index (χ3v) is 8.84. The van der Waals surface area contributed by atoms with Gasteiger partial charge in [-0.3, -0.25) is 24.9 Å². The van der Waals surface area contributed by atoms with Gasteiger partial charge in [-0.1, -0.05) is 19.3 Å². The molecule has 6 heterocycles. The van der Waals surface area contributed by atoms with E-state index in [1.165, 1.54) is 6.42 Å². The number of hydrogen-bond acceptors (Lipinski definition) is 9. The fraction of sp³-hybridized carbons (Fsp3) is 0.375. The van der Waals surface area contributed by atoms with E-state index in [2.05, 4.69) is 65.4 Å². The average Bonchev–Trinajstić information content (AvgIpc) is 3.48. The van der Waals surface area contributed by atoms with Gasteiger partial charge < -0.3 is 20.4 Å². The molecule has 0 aromatic carbocycles. The molecule has 43 heavy (non-hydrogen) atoms. The van der Waals surface area contributed by atoms with Crippen LogP contribution < -0.4 is 15.5 Å². The predicted molar refractivity (Wildman–Crippen MR) is 170 cm³/mol. The Morgan fingerprint density at radius 2 is 1.91 bits per heavy atom. The highest BCUT2D eigenvalue weighted by Gasteiger charge is 2.29. The van der Waals surface area contributed by atoms with Crippen LogP contribution >= 0.6 is 0 Å². The van der Waals surface area contributed by atoms with E-state index >= 15 is 0 Å². The molecule has 1 aliphatic carbocycles. The number of nitrogens with one attached hydrogen (secondary N) is 3. The van der Waals surface area contributed by atoms with Gasteiger partial charge in [-0.05, 0) is 50.9 Å². The molecule has 1 saturated heterocycles. The Morgan fingerprint density at radius 3 is 2.72 bits per heavy atom. The normalized spacial score (nSPS) is 19.4. The Labute approximate surface area is 250 Å². The molecular formula is C32H36N10O. The molecule has 3 aliphatic rings. The Hall–Kier alpha value is -4.64. The molecule has 220 valence electrons. The van der Waals surface area contributed by atoms with Crippen LogP contribution in [0.3, 0.4) is 0 Å². The van der Waals surface area contributed by atoms with E-state index in [0.717, 1.165) is 102 Å². The summed E-state index contributed by atoms with van der Waals surface area (Å²) < 4.78 is 0. The highest BCUT2D eigenvalue weighted by molar-refractivity contribution is 5.97. The second kappa shape index (κ2) is 11.6. The first-order valence-corrected chi connectivity index (χ1v) is 15.1. The minimum Gasteiger partial charge on any atom is -0.354 e. The molecule has 2 fully saturated rings. The molecule has 11 nitrogen and oxygen atoms in total. The Morgan fingerprint density at radius 1 is 1.07 bits per heavy atom. The van der Waals surface area contributed by atoms with Gasteiger partial charge in [0.15, 0.2) is 0 Å². The number of aromatic amines is 1. The quantitative estimate of drug-likeness (QED) is 0.277. The van der Waals surface area contributed by atoms with Crippen molar-refractivity contribution < 1.29 is 4.79 Å². The standard InChI is InChI=1S/C32H36N10O/c1-33-26-16-27(38-24-8-9-35-31(29(24)26)42-12-10-41(2)11-13-42)30-23-15-25(36-19-28(23)39-40-30)21-14-22(18-34-17-21)37-32(43)20-6-4-3-5-7-20/h8-9,14-20,26,38H,1,3-7,10-13H2,2H3,(H,37,43)(H,39,40). The lowest BCUT2D eigenvalue weighted by atomic mass is 9.88. The van der Waals surface area contributed by atoms with Crippen LogP contribution in [0, 0.1) is 5.92 Å². The van der Waals surface area contributed by atoms with Gasteiger partial charge >= 0.3 is 0 Å². The maximum atomic E-state index is 12.8. The van der Waals surface area contributed by atoms with Gasteiger partial charge in [0.25, 0.3) is 0 Å². The zero-order valence-corrected chi connectivity index (χ0v) is 24.4. The van der Waals surface area contributed by atoms with Gasteiger partial charge in [0.05, 0.1) is 35.0 Å². The number of aromatic nitrogens is 5. The van der Waals surface area contributed by atoms with Crippen molar-refractivity contribution in [2.75, 3.05) is 48.8 Å². The molecule has 1 saturated carbocycles. The predicted octanol–water partition coefficient (Wildman–Crippen LogP) is 4.89. The number of nitrogens with zero attached hydrogens (tertiary/aromatic N) is 7. The van der Waals surface area contributed by atoms with Crippen molar-refractivity contribution in [3.05, 3.63) is 60.3 Å². The van der Waals surface area contributed by atoms with Gasteiger partial charge in [0.1, 0.15) is 17.6 Å². The number of likely N-dealkylation sites (N-methyl/N-ethyl adjacent to an activating group) is 1. The van der Waals surface area contributed by atoms with Crippen LogP contribution in [-0.2, 0) is 4.79 Å². The third-order valence-electron chi connectivity index (χ3n) is 8.84. The molecule has 4 aromatic heterocycles. The summed E-state index contributed by atoms with van der Waals surface area (Å²) in [5.74, 6) is 1.10. The van der Waals surface area contributed by atoms with E-state index < -0.39 is 0 Å². The fourth-order valence-electron chi connectivity index (χ4n) is 6.38. The lowest BCUT2D eigenvalue weighted by Crippen LogP contribution is -2.45. The number of piperazine rings is 1.